The smallest absolute Gasteiger partial charge is 0.270 e. The third kappa shape index (κ3) is 4.13. The summed E-state index contributed by atoms with van der Waals surface area (Å²) in [7, 11) is 0. The Kier molecular flexibility index (Phi) is 5.90. The quantitative estimate of drug-likeness (QED) is 0.596. The molecule has 146 valence electrons. The molecule has 0 bridgehead atoms. The van der Waals surface area contributed by atoms with E-state index in [0.29, 0.717) is 17.3 Å². The molecule has 0 aliphatic carbocycles. The number of carbonyl (C=O) groups excluding carboxylic acids is 2. The van der Waals surface area contributed by atoms with Crippen LogP contribution >= 0.6 is 23.4 Å². The summed E-state index contributed by atoms with van der Waals surface area (Å²) in [5.74, 6) is 0.106. The number of rotatable bonds is 4. The predicted molar refractivity (Wildman–Crippen MR) is 110 cm³/mol. The van der Waals surface area contributed by atoms with Crippen molar-refractivity contribution >= 4 is 46.6 Å². The molecule has 0 spiro atoms. The van der Waals surface area contributed by atoms with Crippen LogP contribution in [0.5, 0.6) is 0 Å². The van der Waals surface area contributed by atoms with Gasteiger partial charge in [-0.25, -0.2) is 0 Å². The maximum Gasteiger partial charge on any atom is 0.270 e. The van der Waals surface area contributed by atoms with Crippen LogP contribution in [0, 0.1) is 24.0 Å². The van der Waals surface area contributed by atoms with Gasteiger partial charge in [-0.15, -0.1) is 11.8 Å². The van der Waals surface area contributed by atoms with Gasteiger partial charge in [0.15, 0.2) is 0 Å². The van der Waals surface area contributed by atoms with E-state index in [1.54, 1.807) is 0 Å². The van der Waals surface area contributed by atoms with Gasteiger partial charge in [-0.3, -0.25) is 19.7 Å². The van der Waals surface area contributed by atoms with E-state index in [9.17, 15) is 19.7 Å². The summed E-state index contributed by atoms with van der Waals surface area (Å²) >= 11 is 7.54. The number of hydrogen-bond acceptors (Lipinski definition) is 5. The minimum Gasteiger partial charge on any atom is -0.324 e. The first kappa shape index (κ1) is 20.2. The summed E-state index contributed by atoms with van der Waals surface area (Å²) in [5.41, 5.74) is 2.80. The van der Waals surface area contributed by atoms with Crippen molar-refractivity contribution < 1.29 is 14.5 Å². The number of carbonyl (C=O) groups is 2. The highest BCUT2D eigenvalue weighted by Crippen LogP contribution is 2.29. The third-order valence-electron chi connectivity index (χ3n) is 4.61. The molecule has 0 saturated carbocycles. The van der Waals surface area contributed by atoms with Crippen LogP contribution in [0.1, 0.15) is 21.5 Å². The average molecular weight is 420 g/mol. The molecule has 3 rings (SSSR count). The lowest BCUT2D eigenvalue weighted by Gasteiger charge is -2.23. The first-order chi connectivity index (χ1) is 13.3. The first-order valence-corrected chi connectivity index (χ1v) is 10.0. The zero-order chi connectivity index (χ0) is 20.4. The number of hydrogen-bond donors (Lipinski definition) is 1. The maximum absolute atomic E-state index is 12.9. The number of nitro groups is 1. The Morgan fingerprint density at radius 2 is 1.96 bits per heavy atom. The van der Waals surface area contributed by atoms with Crippen LogP contribution in [0.3, 0.4) is 0 Å². The summed E-state index contributed by atoms with van der Waals surface area (Å²) in [6.45, 7) is 3.95. The van der Waals surface area contributed by atoms with Gasteiger partial charge in [-0.2, -0.15) is 0 Å². The van der Waals surface area contributed by atoms with Gasteiger partial charge in [0.2, 0.25) is 5.91 Å². The van der Waals surface area contributed by atoms with Gasteiger partial charge in [-0.1, -0.05) is 17.7 Å². The number of anilines is 1. The highest BCUT2D eigenvalue weighted by atomic mass is 35.5. The van der Waals surface area contributed by atoms with Gasteiger partial charge in [0.1, 0.15) is 6.04 Å². The van der Waals surface area contributed by atoms with Crippen LogP contribution in [0.4, 0.5) is 11.4 Å². The van der Waals surface area contributed by atoms with Gasteiger partial charge in [0, 0.05) is 23.6 Å². The number of non-ortho nitro benzene ring substituents is 1. The van der Waals surface area contributed by atoms with Gasteiger partial charge in [-0.05, 0) is 43.2 Å². The molecule has 1 atom stereocenters. The summed E-state index contributed by atoms with van der Waals surface area (Å²) in [4.78, 5) is 37.3. The molecule has 28 heavy (non-hydrogen) atoms. The monoisotopic (exact) mass is 419 g/mol. The van der Waals surface area contributed by atoms with Crippen LogP contribution in [0.2, 0.25) is 5.02 Å². The van der Waals surface area contributed by atoms with E-state index < -0.39 is 16.9 Å². The highest BCUT2D eigenvalue weighted by molar-refractivity contribution is 7.99. The normalized spacial score (nSPS) is 16.1. The molecule has 0 aromatic heterocycles. The van der Waals surface area contributed by atoms with Crippen LogP contribution in [0.25, 0.3) is 0 Å². The summed E-state index contributed by atoms with van der Waals surface area (Å²) in [5, 5.41) is 13.7. The van der Waals surface area contributed by atoms with Crippen molar-refractivity contribution in [1.29, 1.82) is 0 Å². The summed E-state index contributed by atoms with van der Waals surface area (Å²) in [6, 6.07) is 8.67. The second-order valence-corrected chi connectivity index (χ2v) is 7.91. The van der Waals surface area contributed by atoms with Crippen molar-refractivity contribution in [2.75, 3.05) is 16.9 Å². The number of benzene rings is 2. The fourth-order valence-corrected chi connectivity index (χ4v) is 4.26. The third-order valence-corrected chi connectivity index (χ3v) is 5.94. The first-order valence-electron chi connectivity index (χ1n) is 8.48. The lowest BCUT2D eigenvalue weighted by molar-refractivity contribution is -0.384. The number of amides is 2. The molecule has 1 unspecified atom stereocenters. The summed E-state index contributed by atoms with van der Waals surface area (Å²) in [6.07, 6.45) is 0. The van der Waals surface area contributed by atoms with Crippen LogP contribution < -0.4 is 5.32 Å². The molecule has 2 amide bonds. The predicted octanol–water partition coefficient (Wildman–Crippen LogP) is 4.02. The molecule has 1 saturated heterocycles. The zero-order valence-corrected chi connectivity index (χ0v) is 16.8. The second kappa shape index (κ2) is 8.20. The maximum atomic E-state index is 12.9. The van der Waals surface area contributed by atoms with E-state index in [1.807, 2.05) is 32.0 Å². The standard InChI is InChI=1S/C19H18ClN3O4S/c1-11-3-4-13(7-12(11)2)21-18(24)17-9-28-10-22(17)19(25)15-6-5-14(23(26)27)8-16(15)20/h3-8,17H,9-10H2,1-2H3,(H,21,24). The molecule has 9 heteroatoms. The lowest BCUT2D eigenvalue weighted by Crippen LogP contribution is -2.44. The van der Waals surface area contributed by atoms with Gasteiger partial charge in [0.25, 0.3) is 11.6 Å². The minimum atomic E-state index is -0.648. The molecule has 1 N–H and O–H groups in total. The van der Waals surface area contributed by atoms with Crippen molar-refractivity contribution in [2.24, 2.45) is 0 Å². The van der Waals surface area contributed by atoms with E-state index in [1.165, 1.54) is 28.8 Å². The highest BCUT2D eigenvalue weighted by Gasteiger charge is 2.36. The van der Waals surface area contributed by atoms with E-state index in [0.717, 1.165) is 17.2 Å². The van der Waals surface area contributed by atoms with E-state index in [2.05, 4.69) is 5.32 Å². The van der Waals surface area contributed by atoms with Crippen LogP contribution in [0.15, 0.2) is 36.4 Å². The Balaban J connectivity index is 1.78. The largest absolute Gasteiger partial charge is 0.324 e. The molecule has 2 aromatic carbocycles. The minimum absolute atomic E-state index is 0.00980. The number of thioether (sulfide) groups is 1. The van der Waals surface area contributed by atoms with Crippen molar-refractivity contribution in [2.45, 2.75) is 19.9 Å². The molecule has 0 radical (unpaired) electrons. The lowest BCUT2D eigenvalue weighted by atomic mass is 10.1. The molecule has 7 nitrogen and oxygen atoms in total. The van der Waals surface area contributed by atoms with Crippen molar-refractivity contribution in [3.63, 3.8) is 0 Å². The Labute approximate surface area is 171 Å². The Hall–Kier alpha value is -2.58. The van der Waals surface area contributed by atoms with Crippen LogP contribution in [-0.2, 0) is 4.79 Å². The van der Waals surface area contributed by atoms with Crippen molar-refractivity contribution in [3.8, 4) is 0 Å². The van der Waals surface area contributed by atoms with Gasteiger partial charge in [0.05, 0.1) is 21.4 Å². The molecule has 1 aliphatic heterocycles. The van der Waals surface area contributed by atoms with Gasteiger partial charge < -0.3 is 10.2 Å². The van der Waals surface area contributed by atoms with Crippen molar-refractivity contribution in [1.82, 2.24) is 4.90 Å². The number of aryl methyl sites for hydroxylation is 2. The average Bonchev–Trinajstić information content (AvgIpc) is 3.14. The number of halogens is 1. The number of nitrogens with zero attached hydrogens (tertiary/aromatic N) is 2. The fourth-order valence-electron chi connectivity index (χ4n) is 2.85. The molecular formula is C19H18ClN3O4S. The topological polar surface area (TPSA) is 92.6 Å². The molecule has 1 aliphatic rings. The number of nitrogens with one attached hydrogen (secondary N) is 1. The van der Waals surface area contributed by atoms with E-state index in [-0.39, 0.29) is 22.2 Å². The Bertz CT molecular complexity index is 966. The molecule has 1 heterocycles. The molecule has 2 aromatic rings. The second-order valence-electron chi connectivity index (χ2n) is 6.50. The zero-order valence-electron chi connectivity index (χ0n) is 15.3. The molecular weight excluding hydrogens is 402 g/mol. The fraction of sp³-hybridized carbons (Fsp3) is 0.263. The Morgan fingerprint density at radius 1 is 1.21 bits per heavy atom. The van der Waals surface area contributed by atoms with Gasteiger partial charge >= 0.3 is 0 Å². The Morgan fingerprint density at radius 3 is 2.61 bits per heavy atom. The molecule has 1 fully saturated rings. The summed E-state index contributed by atoms with van der Waals surface area (Å²) < 4.78 is 0. The van der Waals surface area contributed by atoms with E-state index >= 15 is 0 Å². The van der Waals surface area contributed by atoms with Crippen molar-refractivity contribution in [3.05, 3.63) is 68.2 Å². The van der Waals surface area contributed by atoms with Crippen LogP contribution in [-0.4, -0.2) is 39.3 Å². The number of nitro benzene ring substituents is 1. The van der Waals surface area contributed by atoms with E-state index in [4.69, 9.17) is 11.6 Å². The SMILES string of the molecule is Cc1ccc(NC(=O)C2CSCN2C(=O)c2ccc([N+](=O)[O-])cc2Cl)cc1C.